The number of benzene rings is 2. The molecule has 0 fully saturated rings. The molecule has 2 aromatic carbocycles. The summed E-state index contributed by atoms with van der Waals surface area (Å²) in [6.45, 7) is 2.31. The van der Waals surface area contributed by atoms with Crippen molar-refractivity contribution in [2.45, 2.75) is 25.4 Å². The number of amides is 2. The van der Waals surface area contributed by atoms with Gasteiger partial charge in [-0.2, -0.15) is 0 Å². The van der Waals surface area contributed by atoms with E-state index in [2.05, 4.69) is 15.5 Å². The fraction of sp³-hybridized carbons (Fsp3) is 0.364. The van der Waals surface area contributed by atoms with Crippen LogP contribution in [-0.2, 0) is 4.79 Å². The number of likely N-dealkylation sites (N-methyl/N-ethyl adjacent to an activating group) is 1. The summed E-state index contributed by atoms with van der Waals surface area (Å²) in [7, 11) is 5.59. The Bertz CT molecular complexity index is 760. The Morgan fingerprint density at radius 3 is 2.25 bits per heavy atom. The highest BCUT2D eigenvalue weighted by atomic mass is 16.5. The molecule has 0 aromatic heterocycles. The lowest BCUT2D eigenvalue weighted by Gasteiger charge is -2.25. The number of ether oxygens (including phenoxy) is 1. The molecule has 2 amide bonds. The number of hydrogen-bond donors (Lipinski definition) is 2. The first-order valence-electron chi connectivity index (χ1n) is 9.33. The number of methoxy groups -OCH3 is 1. The van der Waals surface area contributed by atoms with Crippen molar-refractivity contribution in [2.24, 2.45) is 0 Å². The lowest BCUT2D eigenvalue weighted by Crippen LogP contribution is -2.39. The Balaban J connectivity index is 1.85. The highest BCUT2D eigenvalue weighted by molar-refractivity contribution is 5.94. The third kappa shape index (κ3) is 6.39. The van der Waals surface area contributed by atoms with Gasteiger partial charge < -0.3 is 20.3 Å². The van der Waals surface area contributed by atoms with Gasteiger partial charge in [0.25, 0.3) is 5.91 Å². The molecule has 150 valence electrons. The van der Waals surface area contributed by atoms with Crippen LogP contribution in [0.4, 0.5) is 0 Å². The fourth-order valence-corrected chi connectivity index (χ4v) is 2.93. The number of carbonyl (C=O) groups is 2. The molecule has 0 aliphatic heterocycles. The van der Waals surface area contributed by atoms with E-state index in [1.807, 2.05) is 63.5 Å². The van der Waals surface area contributed by atoms with Crippen LogP contribution in [0.1, 0.15) is 35.3 Å². The molecule has 2 atom stereocenters. The van der Waals surface area contributed by atoms with Crippen LogP contribution in [0.3, 0.4) is 0 Å². The van der Waals surface area contributed by atoms with E-state index in [9.17, 15) is 9.59 Å². The Morgan fingerprint density at radius 2 is 1.68 bits per heavy atom. The van der Waals surface area contributed by atoms with Gasteiger partial charge in [0.1, 0.15) is 5.75 Å². The zero-order valence-corrected chi connectivity index (χ0v) is 16.9. The third-order valence-electron chi connectivity index (χ3n) is 4.52. The van der Waals surface area contributed by atoms with Crippen molar-refractivity contribution >= 4 is 11.8 Å². The smallest absolute Gasteiger partial charge is 0.251 e. The molecule has 0 radical (unpaired) electrons. The van der Waals surface area contributed by atoms with Crippen LogP contribution in [0.2, 0.25) is 0 Å². The van der Waals surface area contributed by atoms with Crippen molar-refractivity contribution in [3.8, 4) is 5.75 Å². The monoisotopic (exact) mass is 383 g/mol. The second kappa shape index (κ2) is 10.5. The molecule has 0 heterocycles. The van der Waals surface area contributed by atoms with E-state index in [0.717, 1.165) is 11.3 Å². The Morgan fingerprint density at radius 1 is 1.04 bits per heavy atom. The average molecular weight is 383 g/mol. The molecule has 0 aliphatic carbocycles. The van der Waals surface area contributed by atoms with Gasteiger partial charge in [-0.25, -0.2) is 0 Å². The molecule has 2 unspecified atom stereocenters. The van der Waals surface area contributed by atoms with Gasteiger partial charge in [0.15, 0.2) is 0 Å². The SMILES string of the molecule is COc1ccc(C(CNC(=O)CC(C)NC(=O)c2ccccc2)N(C)C)cc1. The molecular weight excluding hydrogens is 354 g/mol. The van der Waals surface area contributed by atoms with Crippen molar-refractivity contribution in [1.82, 2.24) is 15.5 Å². The van der Waals surface area contributed by atoms with Crippen LogP contribution in [0.5, 0.6) is 5.75 Å². The van der Waals surface area contributed by atoms with Crippen molar-refractivity contribution in [3.05, 3.63) is 65.7 Å². The average Bonchev–Trinajstić information content (AvgIpc) is 2.68. The minimum atomic E-state index is -0.258. The van der Waals surface area contributed by atoms with Crippen LogP contribution in [-0.4, -0.2) is 50.5 Å². The zero-order chi connectivity index (χ0) is 20.5. The largest absolute Gasteiger partial charge is 0.497 e. The summed E-state index contributed by atoms with van der Waals surface area (Å²) >= 11 is 0. The Labute approximate surface area is 166 Å². The zero-order valence-electron chi connectivity index (χ0n) is 16.9. The number of nitrogens with one attached hydrogen (secondary N) is 2. The quantitative estimate of drug-likeness (QED) is 0.698. The molecule has 0 spiro atoms. The van der Waals surface area contributed by atoms with Gasteiger partial charge in [0, 0.05) is 24.6 Å². The van der Waals surface area contributed by atoms with Crippen molar-refractivity contribution < 1.29 is 14.3 Å². The van der Waals surface area contributed by atoms with Gasteiger partial charge >= 0.3 is 0 Å². The maximum Gasteiger partial charge on any atom is 0.251 e. The minimum Gasteiger partial charge on any atom is -0.497 e. The molecule has 0 aliphatic rings. The predicted molar refractivity (Wildman–Crippen MR) is 110 cm³/mol. The third-order valence-corrected chi connectivity index (χ3v) is 4.52. The molecule has 0 bridgehead atoms. The summed E-state index contributed by atoms with van der Waals surface area (Å²) in [5.74, 6) is 0.528. The second-order valence-electron chi connectivity index (χ2n) is 7.00. The summed E-state index contributed by atoms with van der Waals surface area (Å²) in [5.41, 5.74) is 1.68. The summed E-state index contributed by atoms with van der Waals surface area (Å²) in [5, 5.41) is 5.83. The minimum absolute atomic E-state index is 0.0454. The maximum atomic E-state index is 12.3. The summed E-state index contributed by atoms with van der Waals surface area (Å²) in [6.07, 6.45) is 0.224. The standard InChI is InChI=1S/C22H29N3O3/c1-16(24-22(27)18-8-6-5-7-9-18)14-21(26)23-15-20(25(2)3)17-10-12-19(28-4)13-11-17/h5-13,16,20H,14-15H2,1-4H3,(H,23,26)(H,24,27). The number of carbonyl (C=O) groups excluding carboxylic acids is 2. The van der Waals surface area contributed by atoms with E-state index in [-0.39, 0.29) is 30.3 Å². The Kier molecular flexibility index (Phi) is 8.02. The van der Waals surface area contributed by atoms with E-state index >= 15 is 0 Å². The summed E-state index contributed by atoms with van der Waals surface area (Å²) in [6, 6.07) is 16.6. The highest BCUT2D eigenvalue weighted by Gasteiger charge is 2.17. The number of rotatable bonds is 9. The van der Waals surface area contributed by atoms with E-state index < -0.39 is 0 Å². The van der Waals surface area contributed by atoms with Gasteiger partial charge in [0.2, 0.25) is 5.91 Å². The number of nitrogens with zero attached hydrogens (tertiary/aromatic N) is 1. The van der Waals surface area contributed by atoms with E-state index in [0.29, 0.717) is 12.1 Å². The highest BCUT2D eigenvalue weighted by Crippen LogP contribution is 2.20. The van der Waals surface area contributed by atoms with Crippen molar-refractivity contribution in [2.75, 3.05) is 27.7 Å². The molecule has 2 rings (SSSR count). The van der Waals surface area contributed by atoms with E-state index in [4.69, 9.17) is 4.74 Å². The van der Waals surface area contributed by atoms with Crippen LogP contribution >= 0.6 is 0 Å². The molecule has 2 N–H and O–H groups in total. The number of hydrogen-bond acceptors (Lipinski definition) is 4. The molecule has 2 aromatic rings. The lowest BCUT2D eigenvalue weighted by atomic mass is 10.1. The van der Waals surface area contributed by atoms with E-state index in [1.165, 1.54) is 0 Å². The molecule has 6 nitrogen and oxygen atoms in total. The first kappa shape index (κ1) is 21.4. The van der Waals surface area contributed by atoms with Gasteiger partial charge in [-0.1, -0.05) is 30.3 Å². The normalized spacial score (nSPS) is 12.9. The summed E-state index contributed by atoms with van der Waals surface area (Å²) < 4.78 is 5.20. The van der Waals surface area contributed by atoms with Gasteiger partial charge in [-0.3, -0.25) is 9.59 Å². The lowest BCUT2D eigenvalue weighted by molar-refractivity contribution is -0.121. The van der Waals surface area contributed by atoms with Crippen LogP contribution in [0, 0.1) is 0 Å². The molecular formula is C22H29N3O3. The van der Waals surface area contributed by atoms with Gasteiger partial charge in [-0.05, 0) is 50.8 Å². The van der Waals surface area contributed by atoms with Crippen LogP contribution < -0.4 is 15.4 Å². The van der Waals surface area contributed by atoms with Crippen molar-refractivity contribution in [3.63, 3.8) is 0 Å². The van der Waals surface area contributed by atoms with Crippen LogP contribution in [0.25, 0.3) is 0 Å². The molecule has 0 saturated carbocycles. The predicted octanol–water partition coefficient (Wildman–Crippen LogP) is 2.62. The van der Waals surface area contributed by atoms with Crippen molar-refractivity contribution in [1.29, 1.82) is 0 Å². The fourth-order valence-electron chi connectivity index (χ4n) is 2.93. The first-order valence-corrected chi connectivity index (χ1v) is 9.33. The molecule has 0 saturated heterocycles. The second-order valence-corrected chi connectivity index (χ2v) is 7.00. The van der Waals surface area contributed by atoms with Crippen LogP contribution in [0.15, 0.2) is 54.6 Å². The molecule has 6 heteroatoms. The van der Waals surface area contributed by atoms with E-state index in [1.54, 1.807) is 19.2 Å². The summed E-state index contributed by atoms with van der Waals surface area (Å²) in [4.78, 5) is 26.6. The van der Waals surface area contributed by atoms with Gasteiger partial charge in [0.05, 0.1) is 13.2 Å². The molecule has 28 heavy (non-hydrogen) atoms. The van der Waals surface area contributed by atoms with Gasteiger partial charge in [-0.15, -0.1) is 0 Å². The Hall–Kier alpha value is -2.86. The topological polar surface area (TPSA) is 70.7 Å². The first-order chi connectivity index (χ1) is 13.4. The maximum absolute atomic E-state index is 12.3.